The van der Waals surface area contributed by atoms with Gasteiger partial charge in [0.25, 0.3) is 0 Å². The molecule has 156 valence electrons. The monoisotopic (exact) mass is 390 g/mol. The van der Waals surface area contributed by atoms with Crippen molar-refractivity contribution >= 4 is 17.8 Å². The summed E-state index contributed by atoms with van der Waals surface area (Å²) in [6, 6.07) is 0.605. The summed E-state index contributed by atoms with van der Waals surface area (Å²) in [7, 11) is 1.59. The van der Waals surface area contributed by atoms with Gasteiger partial charge in [0.1, 0.15) is 0 Å². The Morgan fingerprint density at radius 1 is 1.07 bits per heavy atom. The highest BCUT2D eigenvalue weighted by Crippen LogP contribution is 2.21. The van der Waals surface area contributed by atoms with E-state index in [9.17, 15) is 4.79 Å². The van der Waals surface area contributed by atoms with Crippen LogP contribution in [0.25, 0.3) is 0 Å². The summed E-state index contributed by atoms with van der Waals surface area (Å²) < 4.78 is 5.31. The van der Waals surface area contributed by atoms with Gasteiger partial charge in [0.05, 0.1) is 7.11 Å². The van der Waals surface area contributed by atoms with E-state index < -0.39 is 0 Å². The number of anilines is 2. The van der Waals surface area contributed by atoms with Crippen molar-refractivity contribution in [2.75, 3.05) is 43.5 Å². The minimum atomic E-state index is 0.257. The van der Waals surface area contributed by atoms with Crippen molar-refractivity contribution in [1.82, 2.24) is 19.9 Å². The van der Waals surface area contributed by atoms with Crippen LogP contribution in [-0.4, -0.2) is 65.1 Å². The Morgan fingerprint density at radius 3 is 2.36 bits per heavy atom. The number of ether oxygens (including phenoxy) is 1. The van der Waals surface area contributed by atoms with Crippen LogP contribution in [0.2, 0.25) is 0 Å². The van der Waals surface area contributed by atoms with Gasteiger partial charge >= 0.3 is 6.01 Å². The van der Waals surface area contributed by atoms with Gasteiger partial charge in [-0.15, -0.1) is 0 Å². The predicted molar refractivity (Wildman–Crippen MR) is 110 cm³/mol. The first-order valence-corrected chi connectivity index (χ1v) is 10.6. The van der Waals surface area contributed by atoms with Crippen LogP contribution in [0.5, 0.6) is 6.01 Å². The van der Waals surface area contributed by atoms with Crippen LogP contribution in [0.15, 0.2) is 0 Å². The Bertz CT molecular complexity index is 638. The highest BCUT2D eigenvalue weighted by atomic mass is 16.5. The summed E-state index contributed by atoms with van der Waals surface area (Å²) in [5.41, 5.74) is 0. The van der Waals surface area contributed by atoms with E-state index in [2.05, 4.69) is 39.0 Å². The number of methoxy groups -OCH3 is 1. The zero-order valence-electron chi connectivity index (χ0n) is 17.5. The van der Waals surface area contributed by atoms with Gasteiger partial charge in [0.15, 0.2) is 0 Å². The van der Waals surface area contributed by atoms with E-state index in [0.29, 0.717) is 30.2 Å². The van der Waals surface area contributed by atoms with E-state index in [1.807, 2.05) is 4.90 Å². The third-order valence-electron chi connectivity index (χ3n) is 5.44. The standard InChI is InChI=1S/C20H34N6O2/c1-15(2)14-17(27)25-12-8-16(9-13-25)21-18-22-19(24-20(23-18)28-3)26-10-6-4-5-7-11-26/h15-16H,4-14H2,1-3H3,(H,21,22,23,24). The van der Waals surface area contributed by atoms with Crippen LogP contribution in [0.3, 0.4) is 0 Å². The van der Waals surface area contributed by atoms with Crippen LogP contribution in [-0.2, 0) is 4.79 Å². The fraction of sp³-hybridized carbons (Fsp3) is 0.800. The van der Waals surface area contributed by atoms with E-state index in [-0.39, 0.29) is 11.9 Å². The third kappa shape index (κ3) is 5.69. The topological polar surface area (TPSA) is 83.5 Å². The van der Waals surface area contributed by atoms with Crippen molar-refractivity contribution in [3.63, 3.8) is 0 Å². The number of likely N-dealkylation sites (tertiary alicyclic amines) is 1. The van der Waals surface area contributed by atoms with E-state index >= 15 is 0 Å². The molecule has 2 aliphatic heterocycles. The number of nitrogens with one attached hydrogen (secondary N) is 1. The lowest BCUT2D eigenvalue weighted by atomic mass is 10.0. The van der Waals surface area contributed by atoms with Gasteiger partial charge in [0, 0.05) is 38.6 Å². The lowest BCUT2D eigenvalue weighted by Crippen LogP contribution is -2.43. The summed E-state index contributed by atoms with van der Waals surface area (Å²) in [4.78, 5) is 30.0. The zero-order chi connectivity index (χ0) is 19.9. The van der Waals surface area contributed by atoms with Crippen molar-refractivity contribution in [2.24, 2.45) is 5.92 Å². The molecule has 0 aromatic carbocycles. The summed E-state index contributed by atoms with van der Waals surface area (Å²) in [6.45, 7) is 7.69. The number of carbonyl (C=O) groups is 1. The molecule has 8 heteroatoms. The van der Waals surface area contributed by atoms with Crippen molar-refractivity contribution in [1.29, 1.82) is 0 Å². The maximum Gasteiger partial charge on any atom is 0.322 e. The Labute approximate surface area is 168 Å². The molecule has 0 saturated carbocycles. The molecule has 0 spiro atoms. The number of hydrogen-bond acceptors (Lipinski definition) is 7. The first-order chi connectivity index (χ1) is 13.5. The Kier molecular flexibility index (Phi) is 7.28. The molecule has 2 aliphatic rings. The molecule has 0 unspecified atom stereocenters. The molecule has 1 amide bonds. The quantitative estimate of drug-likeness (QED) is 0.799. The average Bonchev–Trinajstić information content (AvgIpc) is 2.97. The van der Waals surface area contributed by atoms with Crippen molar-refractivity contribution in [2.45, 2.75) is 64.8 Å². The molecule has 3 heterocycles. The fourth-order valence-corrected chi connectivity index (χ4v) is 3.85. The second-order valence-electron chi connectivity index (χ2n) is 8.24. The van der Waals surface area contributed by atoms with Crippen LogP contribution in [0.4, 0.5) is 11.9 Å². The number of amides is 1. The molecule has 2 fully saturated rings. The lowest BCUT2D eigenvalue weighted by Gasteiger charge is -2.33. The maximum absolute atomic E-state index is 12.3. The zero-order valence-corrected chi connectivity index (χ0v) is 17.5. The van der Waals surface area contributed by atoms with Crippen LogP contribution >= 0.6 is 0 Å². The number of hydrogen-bond donors (Lipinski definition) is 1. The van der Waals surface area contributed by atoms with Crippen molar-refractivity contribution < 1.29 is 9.53 Å². The molecule has 2 saturated heterocycles. The minimum absolute atomic E-state index is 0.257. The number of aromatic nitrogens is 3. The molecule has 0 radical (unpaired) electrons. The van der Waals surface area contributed by atoms with Gasteiger partial charge in [-0.05, 0) is 31.6 Å². The third-order valence-corrected chi connectivity index (χ3v) is 5.44. The molecule has 0 atom stereocenters. The molecule has 8 nitrogen and oxygen atoms in total. The van der Waals surface area contributed by atoms with E-state index in [1.165, 1.54) is 25.7 Å². The first kappa shape index (κ1) is 20.6. The SMILES string of the molecule is COc1nc(NC2CCN(C(=O)CC(C)C)CC2)nc(N2CCCCCC2)n1. The molecular formula is C20H34N6O2. The summed E-state index contributed by atoms with van der Waals surface area (Å²) in [5, 5.41) is 3.44. The highest BCUT2D eigenvalue weighted by molar-refractivity contribution is 5.76. The van der Waals surface area contributed by atoms with Gasteiger partial charge in [-0.3, -0.25) is 4.79 Å². The van der Waals surface area contributed by atoms with Gasteiger partial charge in [-0.25, -0.2) is 0 Å². The number of rotatable bonds is 6. The first-order valence-electron chi connectivity index (χ1n) is 10.6. The maximum atomic E-state index is 12.3. The molecule has 1 aromatic heterocycles. The van der Waals surface area contributed by atoms with Crippen molar-refractivity contribution in [3.8, 4) is 6.01 Å². The highest BCUT2D eigenvalue weighted by Gasteiger charge is 2.24. The van der Waals surface area contributed by atoms with Crippen molar-refractivity contribution in [3.05, 3.63) is 0 Å². The molecule has 1 aromatic rings. The minimum Gasteiger partial charge on any atom is -0.467 e. The van der Waals surface area contributed by atoms with Gasteiger partial charge in [-0.2, -0.15) is 15.0 Å². The van der Waals surface area contributed by atoms with Gasteiger partial charge in [-0.1, -0.05) is 26.7 Å². The van der Waals surface area contributed by atoms with E-state index in [0.717, 1.165) is 39.0 Å². The predicted octanol–water partition coefficient (Wildman–Crippen LogP) is 2.71. The van der Waals surface area contributed by atoms with E-state index in [1.54, 1.807) is 7.11 Å². The molecule has 0 aliphatic carbocycles. The van der Waals surface area contributed by atoms with Crippen LogP contribution in [0.1, 0.15) is 58.8 Å². The fourth-order valence-electron chi connectivity index (χ4n) is 3.85. The summed E-state index contributed by atoms with van der Waals surface area (Å²) in [5.74, 6) is 1.93. The Balaban J connectivity index is 1.61. The largest absolute Gasteiger partial charge is 0.467 e. The normalized spacial score (nSPS) is 18.9. The van der Waals surface area contributed by atoms with Crippen LogP contribution < -0.4 is 15.0 Å². The molecule has 3 rings (SSSR count). The number of carbonyl (C=O) groups excluding carboxylic acids is 1. The van der Waals surface area contributed by atoms with Gasteiger partial charge in [0.2, 0.25) is 17.8 Å². The van der Waals surface area contributed by atoms with Gasteiger partial charge < -0.3 is 19.9 Å². The van der Waals surface area contributed by atoms with Crippen LogP contribution in [0, 0.1) is 5.92 Å². The van der Waals surface area contributed by atoms with E-state index in [4.69, 9.17) is 4.74 Å². The Morgan fingerprint density at radius 2 is 1.75 bits per heavy atom. The molecule has 28 heavy (non-hydrogen) atoms. The molecule has 0 bridgehead atoms. The average molecular weight is 391 g/mol. The Hall–Kier alpha value is -2.12. The molecular weight excluding hydrogens is 356 g/mol. The summed E-state index contributed by atoms with van der Waals surface area (Å²) in [6.07, 6.45) is 7.28. The second-order valence-corrected chi connectivity index (χ2v) is 8.24. The number of nitrogens with zero attached hydrogens (tertiary/aromatic N) is 5. The lowest BCUT2D eigenvalue weighted by molar-refractivity contribution is -0.132. The number of piperidine rings is 1. The summed E-state index contributed by atoms with van der Waals surface area (Å²) >= 11 is 0. The smallest absolute Gasteiger partial charge is 0.322 e. The second kappa shape index (κ2) is 9.89. The molecule has 1 N–H and O–H groups in total.